The first-order valence-corrected chi connectivity index (χ1v) is 9.00. The lowest BCUT2D eigenvalue weighted by Crippen LogP contribution is -2.16. The molecule has 3 rings (SSSR count). The fraction of sp³-hybridized carbons (Fsp3) is 0.500. The van der Waals surface area contributed by atoms with Crippen molar-refractivity contribution >= 4 is 27.3 Å². The Labute approximate surface area is 138 Å². The third kappa shape index (κ3) is 4.42. The number of thiophene rings is 1. The van der Waals surface area contributed by atoms with Gasteiger partial charge in [0.1, 0.15) is 11.5 Å². The van der Waals surface area contributed by atoms with E-state index < -0.39 is 0 Å². The molecule has 114 valence electrons. The third-order valence-electron chi connectivity index (χ3n) is 3.73. The van der Waals surface area contributed by atoms with E-state index in [1.807, 2.05) is 0 Å². The van der Waals surface area contributed by atoms with Gasteiger partial charge in [0.15, 0.2) is 0 Å². The molecule has 0 aromatic carbocycles. The lowest BCUT2D eigenvalue weighted by atomic mass is 10.2. The predicted octanol–water partition coefficient (Wildman–Crippen LogP) is 4.30. The van der Waals surface area contributed by atoms with Crippen LogP contribution in [0.15, 0.2) is 25.7 Å². The van der Waals surface area contributed by atoms with Crippen molar-refractivity contribution in [2.45, 2.75) is 45.4 Å². The van der Waals surface area contributed by atoms with E-state index in [1.54, 1.807) is 11.3 Å². The van der Waals surface area contributed by atoms with Crippen molar-refractivity contribution in [3.63, 3.8) is 0 Å². The van der Waals surface area contributed by atoms with Gasteiger partial charge in [-0.1, -0.05) is 0 Å². The van der Waals surface area contributed by atoms with Crippen molar-refractivity contribution < 1.29 is 4.42 Å². The standard InChI is InChI=1S/C16H21BrN2OS/c1-11-13(7-18-14-3-4-14)6-15(20-11)9-19(2)8-12-5-16(17)21-10-12/h5-6,10,14,18H,3-4,7-9H2,1-2H3. The third-order valence-corrected chi connectivity index (χ3v) is 5.28. The van der Waals surface area contributed by atoms with Crippen LogP contribution in [0.25, 0.3) is 0 Å². The summed E-state index contributed by atoms with van der Waals surface area (Å²) in [4.78, 5) is 2.28. The molecule has 0 atom stereocenters. The van der Waals surface area contributed by atoms with Gasteiger partial charge in [-0.05, 0) is 65.8 Å². The van der Waals surface area contributed by atoms with Gasteiger partial charge in [0, 0.05) is 24.7 Å². The number of furan rings is 1. The van der Waals surface area contributed by atoms with Crippen molar-refractivity contribution in [1.29, 1.82) is 0 Å². The Morgan fingerprint density at radius 1 is 1.38 bits per heavy atom. The molecule has 0 spiro atoms. The first kappa shape index (κ1) is 15.3. The van der Waals surface area contributed by atoms with E-state index in [0.717, 1.165) is 37.2 Å². The van der Waals surface area contributed by atoms with E-state index in [0.29, 0.717) is 0 Å². The van der Waals surface area contributed by atoms with E-state index in [2.05, 4.69) is 57.6 Å². The molecule has 1 fully saturated rings. The molecule has 0 unspecified atom stereocenters. The zero-order valence-electron chi connectivity index (χ0n) is 12.5. The quantitative estimate of drug-likeness (QED) is 0.789. The average Bonchev–Trinajstić information content (AvgIpc) is 3.07. The highest BCUT2D eigenvalue weighted by Gasteiger charge is 2.21. The number of halogens is 1. The summed E-state index contributed by atoms with van der Waals surface area (Å²) in [6, 6.07) is 5.12. The van der Waals surface area contributed by atoms with Crippen molar-refractivity contribution in [3.05, 3.63) is 43.9 Å². The van der Waals surface area contributed by atoms with Crippen molar-refractivity contribution in [1.82, 2.24) is 10.2 Å². The van der Waals surface area contributed by atoms with Gasteiger partial charge in [-0.15, -0.1) is 11.3 Å². The summed E-state index contributed by atoms with van der Waals surface area (Å²) in [5, 5.41) is 5.74. The van der Waals surface area contributed by atoms with Crippen LogP contribution in [0, 0.1) is 6.92 Å². The molecule has 21 heavy (non-hydrogen) atoms. The average molecular weight is 369 g/mol. The van der Waals surface area contributed by atoms with Crippen molar-refractivity contribution in [2.24, 2.45) is 0 Å². The Bertz CT molecular complexity index is 603. The maximum atomic E-state index is 5.89. The Kier molecular flexibility index (Phi) is 4.84. The molecule has 5 heteroatoms. The van der Waals surface area contributed by atoms with Crippen molar-refractivity contribution in [2.75, 3.05) is 7.05 Å². The van der Waals surface area contributed by atoms with E-state index in [1.165, 1.54) is 27.8 Å². The second-order valence-corrected chi connectivity index (χ2v) is 8.17. The molecule has 1 N–H and O–H groups in total. The van der Waals surface area contributed by atoms with E-state index in [-0.39, 0.29) is 0 Å². The number of rotatable bonds is 7. The normalized spacial score (nSPS) is 15.0. The molecule has 1 aliphatic carbocycles. The molecule has 2 heterocycles. The van der Waals surface area contributed by atoms with Crippen LogP contribution in [0.1, 0.15) is 35.5 Å². The topological polar surface area (TPSA) is 28.4 Å². The molecular formula is C16H21BrN2OS. The first-order valence-electron chi connectivity index (χ1n) is 7.33. The van der Waals surface area contributed by atoms with Gasteiger partial charge in [0.05, 0.1) is 10.3 Å². The van der Waals surface area contributed by atoms with Crippen molar-refractivity contribution in [3.8, 4) is 0 Å². The second kappa shape index (κ2) is 6.65. The Balaban J connectivity index is 1.54. The lowest BCUT2D eigenvalue weighted by Gasteiger charge is -2.13. The van der Waals surface area contributed by atoms with Gasteiger partial charge in [0.25, 0.3) is 0 Å². The fourth-order valence-corrected chi connectivity index (χ4v) is 3.65. The maximum Gasteiger partial charge on any atom is 0.118 e. The largest absolute Gasteiger partial charge is 0.465 e. The summed E-state index contributed by atoms with van der Waals surface area (Å²) in [6.45, 7) is 4.78. The minimum Gasteiger partial charge on any atom is -0.465 e. The molecule has 1 saturated carbocycles. The fourth-order valence-electron chi connectivity index (χ4n) is 2.45. The number of hydrogen-bond donors (Lipinski definition) is 1. The first-order chi connectivity index (χ1) is 10.1. The molecule has 3 nitrogen and oxygen atoms in total. The zero-order chi connectivity index (χ0) is 14.8. The molecule has 2 aromatic heterocycles. The van der Waals surface area contributed by atoms with Gasteiger partial charge in [-0.2, -0.15) is 0 Å². The molecule has 2 aromatic rings. The Morgan fingerprint density at radius 2 is 2.19 bits per heavy atom. The summed E-state index contributed by atoms with van der Waals surface area (Å²) in [5.74, 6) is 2.10. The van der Waals surface area contributed by atoms with Crippen LogP contribution in [0.4, 0.5) is 0 Å². The van der Waals surface area contributed by atoms with Gasteiger partial charge in [-0.25, -0.2) is 0 Å². The number of aryl methyl sites for hydroxylation is 1. The Hall–Kier alpha value is -0.620. The van der Waals surface area contributed by atoms with Gasteiger partial charge in [0.2, 0.25) is 0 Å². The van der Waals surface area contributed by atoms with Crippen LogP contribution < -0.4 is 5.32 Å². The maximum absolute atomic E-state index is 5.89. The number of nitrogens with one attached hydrogen (secondary N) is 1. The highest BCUT2D eigenvalue weighted by atomic mass is 79.9. The smallest absolute Gasteiger partial charge is 0.118 e. The lowest BCUT2D eigenvalue weighted by molar-refractivity contribution is 0.285. The van der Waals surface area contributed by atoms with Crippen LogP contribution in [-0.4, -0.2) is 18.0 Å². The van der Waals surface area contributed by atoms with E-state index in [4.69, 9.17) is 4.42 Å². The molecule has 0 saturated heterocycles. The second-order valence-electron chi connectivity index (χ2n) is 5.88. The molecular weight excluding hydrogens is 348 g/mol. The highest BCUT2D eigenvalue weighted by molar-refractivity contribution is 9.11. The zero-order valence-corrected chi connectivity index (χ0v) is 14.9. The SMILES string of the molecule is Cc1oc(CN(C)Cc2csc(Br)c2)cc1CNC1CC1. The summed E-state index contributed by atoms with van der Waals surface area (Å²) in [5.41, 5.74) is 2.64. The van der Waals surface area contributed by atoms with Crippen LogP contribution in [0.3, 0.4) is 0 Å². The number of nitrogens with zero attached hydrogens (tertiary/aromatic N) is 1. The Morgan fingerprint density at radius 3 is 2.86 bits per heavy atom. The summed E-state index contributed by atoms with van der Waals surface area (Å²) >= 11 is 5.24. The van der Waals surface area contributed by atoms with Crippen LogP contribution in [0.2, 0.25) is 0 Å². The minimum absolute atomic E-state index is 0.738. The van der Waals surface area contributed by atoms with E-state index >= 15 is 0 Å². The summed E-state index contributed by atoms with van der Waals surface area (Å²) < 4.78 is 7.08. The molecule has 0 radical (unpaired) electrons. The van der Waals surface area contributed by atoms with Gasteiger partial charge >= 0.3 is 0 Å². The van der Waals surface area contributed by atoms with Gasteiger partial charge in [-0.3, -0.25) is 4.90 Å². The van der Waals surface area contributed by atoms with Gasteiger partial charge < -0.3 is 9.73 Å². The molecule has 0 aliphatic heterocycles. The summed E-state index contributed by atoms with van der Waals surface area (Å²) in [7, 11) is 2.13. The number of hydrogen-bond acceptors (Lipinski definition) is 4. The molecule has 0 bridgehead atoms. The van der Waals surface area contributed by atoms with Crippen LogP contribution in [0.5, 0.6) is 0 Å². The van der Waals surface area contributed by atoms with Crippen LogP contribution >= 0.6 is 27.3 Å². The minimum atomic E-state index is 0.738. The molecule has 1 aliphatic rings. The van der Waals surface area contributed by atoms with Crippen LogP contribution in [-0.2, 0) is 19.6 Å². The summed E-state index contributed by atoms with van der Waals surface area (Å²) in [6.07, 6.45) is 2.64. The predicted molar refractivity (Wildman–Crippen MR) is 90.5 cm³/mol. The molecule has 0 amide bonds. The monoisotopic (exact) mass is 368 g/mol. The highest BCUT2D eigenvalue weighted by Crippen LogP contribution is 2.23. The van der Waals surface area contributed by atoms with E-state index in [9.17, 15) is 0 Å².